The topological polar surface area (TPSA) is 46.2 Å². The van der Waals surface area contributed by atoms with Crippen LogP contribution in [0.3, 0.4) is 0 Å². The molecule has 1 aromatic rings. The zero-order valence-corrected chi connectivity index (χ0v) is 8.91. The Labute approximate surface area is 89.5 Å². The summed E-state index contributed by atoms with van der Waals surface area (Å²) >= 11 is 0. The molecule has 1 radical (unpaired) electrons. The van der Waals surface area contributed by atoms with Crippen LogP contribution in [0.4, 0.5) is 0 Å². The molecule has 79 valence electrons. The maximum atomic E-state index is 10.9. The van der Waals surface area contributed by atoms with Gasteiger partial charge in [-0.3, -0.25) is 9.59 Å². The highest BCUT2D eigenvalue weighted by molar-refractivity contribution is 5.79. The van der Waals surface area contributed by atoms with E-state index < -0.39 is 5.54 Å². The number of hydrogen-bond acceptors (Lipinski definition) is 2. The molecular weight excluding hydrogens is 190 g/mol. The first kappa shape index (κ1) is 11.4. The smallest absolute Gasteiger partial charge is 0.226 e. The highest BCUT2D eigenvalue weighted by Crippen LogP contribution is 2.10. The zero-order chi connectivity index (χ0) is 11.3. The predicted octanol–water partition coefficient (Wildman–Crippen LogP) is 1.23. The Bertz CT molecular complexity index is 348. The quantitative estimate of drug-likeness (QED) is 0.801. The fraction of sp³-hybridized carbons (Fsp3) is 0.333. The normalized spacial score (nSPS) is 14.0. The number of benzene rings is 1. The molecule has 0 aromatic heterocycles. The van der Waals surface area contributed by atoms with Crippen LogP contribution >= 0.6 is 0 Å². The van der Waals surface area contributed by atoms with Crippen molar-refractivity contribution in [2.75, 3.05) is 0 Å². The first-order valence-corrected chi connectivity index (χ1v) is 4.78. The zero-order valence-electron chi connectivity index (χ0n) is 8.91. The monoisotopic (exact) mass is 204 g/mol. The molecule has 15 heavy (non-hydrogen) atoms. The number of rotatable bonds is 4. The number of carbonyl (C=O) groups is 1. The minimum Gasteiger partial charge on any atom is -0.343 e. The Morgan fingerprint density at radius 1 is 1.40 bits per heavy atom. The fourth-order valence-electron chi connectivity index (χ4n) is 1.50. The van der Waals surface area contributed by atoms with E-state index in [1.54, 1.807) is 6.92 Å². The van der Waals surface area contributed by atoms with E-state index >= 15 is 0 Å². The number of amides is 1. The average Bonchev–Trinajstić information content (AvgIpc) is 2.18. The third kappa shape index (κ3) is 3.54. The molecule has 0 bridgehead atoms. The van der Waals surface area contributed by atoms with E-state index in [1.807, 2.05) is 36.6 Å². The van der Waals surface area contributed by atoms with Crippen LogP contribution < -0.4 is 5.32 Å². The molecule has 0 aliphatic rings. The summed E-state index contributed by atoms with van der Waals surface area (Å²) in [4.78, 5) is 21.7. The fourth-order valence-corrected chi connectivity index (χ4v) is 1.50. The molecule has 1 amide bonds. The minimum absolute atomic E-state index is 0.225. The lowest BCUT2D eigenvalue weighted by atomic mass is 9.94. The second-order valence-corrected chi connectivity index (χ2v) is 3.78. The summed E-state index contributed by atoms with van der Waals surface area (Å²) in [6.45, 7) is 3.05. The van der Waals surface area contributed by atoms with Gasteiger partial charge in [-0.1, -0.05) is 30.3 Å². The highest BCUT2D eigenvalue weighted by atomic mass is 16.2. The molecule has 1 atom stereocenters. The van der Waals surface area contributed by atoms with Crippen LogP contribution in [0.5, 0.6) is 0 Å². The summed E-state index contributed by atoms with van der Waals surface area (Å²) in [5, 5.41) is 2.59. The highest BCUT2D eigenvalue weighted by Gasteiger charge is 2.25. The predicted molar refractivity (Wildman–Crippen MR) is 58.1 cm³/mol. The third-order valence-electron chi connectivity index (χ3n) is 2.08. The first-order valence-electron chi connectivity index (χ1n) is 4.78. The van der Waals surface area contributed by atoms with E-state index in [1.165, 1.54) is 6.92 Å². The van der Waals surface area contributed by atoms with E-state index in [2.05, 4.69) is 5.32 Å². The molecular formula is C12H14NO2. The second-order valence-electron chi connectivity index (χ2n) is 3.78. The summed E-state index contributed by atoms with van der Waals surface area (Å²) in [6, 6.07) is 9.53. The summed E-state index contributed by atoms with van der Waals surface area (Å²) < 4.78 is 0. The van der Waals surface area contributed by atoms with Gasteiger partial charge in [0.05, 0.1) is 0 Å². The van der Waals surface area contributed by atoms with Crippen molar-refractivity contribution >= 4 is 12.2 Å². The molecule has 0 saturated heterocycles. The van der Waals surface area contributed by atoms with Gasteiger partial charge in [-0.25, -0.2) is 0 Å². The average molecular weight is 204 g/mol. The lowest BCUT2D eigenvalue weighted by Crippen LogP contribution is -2.48. The van der Waals surface area contributed by atoms with Gasteiger partial charge < -0.3 is 5.32 Å². The van der Waals surface area contributed by atoms with Crippen LogP contribution in [0.25, 0.3) is 0 Å². The summed E-state index contributed by atoms with van der Waals surface area (Å²) in [6.07, 6.45) is 2.33. The molecule has 0 heterocycles. The summed E-state index contributed by atoms with van der Waals surface area (Å²) in [5.74, 6) is -0.225. The molecule has 1 aromatic carbocycles. The SMILES string of the molecule is CC(=O)N[C@](C)([C]=O)Cc1ccccc1. The number of carbonyl (C=O) groups excluding carboxylic acids is 2. The second kappa shape index (κ2) is 4.73. The number of hydrogen-bond donors (Lipinski definition) is 1. The summed E-state index contributed by atoms with van der Waals surface area (Å²) in [5.41, 5.74) is 0.0600. The van der Waals surface area contributed by atoms with Gasteiger partial charge in [0.15, 0.2) is 0 Å². The molecule has 1 N–H and O–H groups in total. The van der Waals surface area contributed by atoms with Crippen molar-refractivity contribution in [3.05, 3.63) is 35.9 Å². The van der Waals surface area contributed by atoms with E-state index in [0.717, 1.165) is 5.56 Å². The van der Waals surface area contributed by atoms with Gasteiger partial charge in [-0.05, 0) is 12.5 Å². The Morgan fingerprint density at radius 2 is 2.00 bits per heavy atom. The van der Waals surface area contributed by atoms with Crippen LogP contribution in [0.2, 0.25) is 0 Å². The Kier molecular flexibility index (Phi) is 3.61. The van der Waals surface area contributed by atoms with Gasteiger partial charge in [0, 0.05) is 13.3 Å². The molecule has 0 spiro atoms. The van der Waals surface area contributed by atoms with Crippen molar-refractivity contribution in [3.63, 3.8) is 0 Å². The van der Waals surface area contributed by atoms with Gasteiger partial charge in [-0.2, -0.15) is 0 Å². The van der Waals surface area contributed by atoms with E-state index in [0.29, 0.717) is 6.42 Å². The van der Waals surface area contributed by atoms with Crippen molar-refractivity contribution in [3.8, 4) is 0 Å². The van der Waals surface area contributed by atoms with Crippen molar-refractivity contribution in [2.45, 2.75) is 25.8 Å². The minimum atomic E-state index is -0.937. The van der Waals surface area contributed by atoms with Crippen LogP contribution in [-0.2, 0) is 16.0 Å². The molecule has 0 saturated carbocycles. The van der Waals surface area contributed by atoms with Crippen LogP contribution in [0.1, 0.15) is 19.4 Å². The van der Waals surface area contributed by atoms with Gasteiger partial charge in [0.25, 0.3) is 0 Å². The van der Waals surface area contributed by atoms with E-state index in [9.17, 15) is 9.59 Å². The van der Waals surface area contributed by atoms with Crippen molar-refractivity contribution in [1.29, 1.82) is 0 Å². The lowest BCUT2D eigenvalue weighted by Gasteiger charge is -2.22. The molecule has 1 rings (SSSR count). The van der Waals surface area contributed by atoms with Crippen molar-refractivity contribution < 1.29 is 9.59 Å². The van der Waals surface area contributed by atoms with Crippen molar-refractivity contribution in [2.24, 2.45) is 0 Å². The molecule has 0 aliphatic heterocycles. The summed E-state index contributed by atoms with van der Waals surface area (Å²) in [7, 11) is 0. The van der Waals surface area contributed by atoms with Crippen LogP contribution in [0, 0.1) is 0 Å². The molecule has 3 heteroatoms. The van der Waals surface area contributed by atoms with Crippen LogP contribution in [-0.4, -0.2) is 17.7 Å². The molecule has 0 aliphatic carbocycles. The van der Waals surface area contributed by atoms with Crippen LogP contribution in [0.15, 0.2) is 30.3 Å². The van der Waals surface area contributed by atoms with Gasteiger partial charge in [0.2, 0.25) is 12.2 Å². The van der Waals surface area contributed by atoms with Crippen molar-refractivity contribution in [1.82, 2.24) is 5.32 Å². The Hall–Kier alpha value is -1.64. The van der Waals surface area contributed by atoms with Gasteiger partial charge in [0.1, 0.15) is 5.54 Å². The molecule has 0 unspecified atom stereocenters. The maximum Gasteiger partial charge on any atom is 0.226 e. The first-order chi connectivity index (χ1) is 7.06. The maximum absolute atomic E-state index is 10.9. The molecule has 3 nitrogen and oxygen atoms in total. The Balaban J connectivity index is 2.76. The number of nitrogens with one attached hydrogen (secondary N) is 1. The third-order valence-corrected chi connectivity index (χ3v) is 2.08. The standard InChI is InChI=1S/C12H14NO2/c1-10(15)13-12(2,9-14)8-11-6-4-3-5-7-11/h3-7H,8H2,1-2H3,(H,13,15)/t12-/m0/s1. The molecule has 0 fully saturated rings. The van der Waals surface area contributed by atoms with Gasteiger partial charge >= 0.3 is 0 Å². The Morgan fingerprint density at radius 3 is 2.47 bits per heavy atom. The largest absolute Gasteiger partial charge is 0.343 e. The van der Waals surface area contributed by atoms with E-state index in [4.69, 9.17) is 0 Å². The van der Waals surface area contributed by atoms with E-state index in [-0.39, 0.29) is 5.91 Å². The van der Waals surface area contributed by atoms with Gasteiger partial charge in [-0.15, -0.1) is 0 Å². The lowest BCUT2D eigenvalue weighted by molar-refractivity contribution is -0.120.